The average Bonchev–Trinajstić information content (AvgIpc) is 3.31. The molecule has 3 heterocycles. The van der Waals surface area contributed by atoms with E-state index in [4.69, 9.17) is 4.74 Å². The summed E-state index contributed by atoms with van der Waals surface area (Å²) in [7, 11) is 1.70. The number of piperazine rings is 1. The Bertz CT molecular complexity index is 811. The number of thiophene rings is 1. The molecule has 0 radical (unpaired) electrons. The van der Waals surface area contributed by atoms with Gasteiger partial charge in [-0.3, -0.25) is 9.69 Å². The van der Waals surface area contributed by atoms with Gasteiger partial charge in [0, 0.05) is 62.0 Å². The van der Waals surface area contributed by atoms with Gasteiger partial charge in [-0.2, -0.15) is 0 Å². The van der Waals surface area contributed by atoms with Crippen LogP contribution in [-0.4, -0.2) is 68.1 Å². The van der Waals surface area contributed by atoms with E-state index in [1.165, 1.54) is 12.1 Å². The van der Waals surface area contributed by atoms with Gasteiger partial charge >= 0.3 is 0 Å². The van der Waals surface area contributed by atoms with E-state index < -0.39 is 0 Å². The van der Waals surface area contributed by atoms with Crippen LogP contribution in [-0.2, 0) is 4.79 Å². The standard InChI is InChI=1S/C23H29N3O2S/c1-28-21-8-6-19(7-9-21)24-13-15-25(16-14-24)20-4-2-12-26(18-20)23(27)11-10-22-5-3-17-29-22/h3,5-11,17,20H,2,4,12-16,18H2,1H3/b11-10+. The molecule has 154 valence electrons. The van der Waals surface area contributed by atoms with Crippen molar-refractivity contribution in [3.8, 4) is 5.75 Å². The van der Waals surface area contributed by atoms with E-state index in [0.717, 1.165) is 56.3 Å². The van der Waals surface area contributed by atoms with Crippen LogP contribution in [0.4, 0.5) is 5.69 Å². The van der Waals surface area contributed by atoms with Crippen molar-refractivity contribution >= 4 is 29.0 Å². The number of hydrogen-bond acceptors (Lipinski definition) is 5. The van der Waals surface area contributed by atoms with E-state index in [2.05, 4.69) is 21.9 Å². The second-order valence-corrected chi connectivity index (χ2v) is 8.63. The number of amides is 1. The van der Waals surface area contributed by atoms with Crippen LogP contribution in [0.5, 0.6) is 5.75 Å². The maximum Gasteiger partial charge on any atom is 0.246 e. The highest BCUT2D eigenvalue weighted by molar-refractivity contribution is 7.10. The Kier molecular flexibility index (Phi) is 6.52. The third-order valence-electron chi connectivity index (χ3n) is 5.91. The van der Waals surface area contributed by atoms with E-state index in [9.17, 15) is 4.79 Å². The first-order valence-corrected chi connectivity index (χ1v) is 11.2. The average molecular weight is 412 g/mol. The smallest absolute Gasteiger partial charge is 0.246 e. The van der Waals surface area contributed by atoms with E-state index in [1.54, 1.807) is 24.5 Å². The summed E-state index contributed by atoms with van der Waals surface area (Å²) in [6.45, 7) is 5.85. The van der Waals surface area contributed by atoms with E-state index in [0.29, 0.717) is 6.04 Å². The first-order chi connectivity index (χ1) is 14.2. The minimum absolute atomic E-state index is 0.139. The highest BCUT2D eigenvalue weighted by Gasteiger charge is 2.29. The maximum atomic E-state index is 12.6. The van der Waals surface area contributed by atoms with Crippen molar-refractivity contribution in [1.82, 2.24) is 9.80 Å². The molecular formula is C23H29N3O2S. The number of nitrogens with zero attached hydrogens (tertiary/aromatic N) is 3. The fourth-order valence-corrected chi connectivity index (χ4v) is 4.85. The monoisotopic (exact) mass is 411 g/mol. The molecular weight excluding hydrogens is 382 g/mol. The molecule has 0 saturated carbocycles. The van der Waals surface area contributed by atoms with Crippen molar-refractivity contribution in [3.63, 3.8) is 0 Å². The molecule has 1 atom stereocenters. The second-order valence-electron chi connectivity index (χ2n) is 7.65. The zero-order chi connectivity index (χ0) is 20.1. The molecule has 5 nitrogen and oxygen atoms in total. The number of ether oxygens (including phenoxy) is 1. The molecule has 2 aliphatic heterocycles. The predicted octanol–water partition coefficient (Wildman–Crippen LogP) is 3.58. The van der Waals surface area contributed by atoms with Crippen LogP contribution in [0, 0.1) is 0 Å². The summed E-state index contributed by atoms with van der Waals surface area (Å²) in [5.74, 6) is 1.03. The lowest BCUT2D eigenvalue weighted by atomic mass is 10.0. The van der Waals surface area contributed by atoms with Gasteiger partial charge in [0.2, 0.25) is 5.91 Å². The first-order valence-electron chi connectivity index (χ1n) is 10.4. The first kappa shape index (κ1) is 20.0. The van der Waals surface area contributed by atoms with E-state index >= 15 is 0 Å². The molecule has 1 unspecified atom stereocenters. The highest BCUT2D eigenvalue weighted by atomic mass is 32.1. The van der Waals surface area contributed by atoms with Crippen molar-refractivity contribution in [2.75, 3.05) is 51.3 Å². The zero-order valence-corrected chi connectivity index (χ0v) is 17.8. The summed E-state index contributed by atoms with van der Waals surface area (Å²) in [5, 5.41) is 2.03. The lowest BCUT2D eigenvalue weighted by Crippen LogP contribution is -2.55. The lowest BCUT2D eigenvalue weighted by molar-refractivity contribution is -0.128. The molecule has 1 aromatic carbocycles. The Balaban J connectivity index is 1.29. The summed E-state index contributed by atoms with van der Waals surface area (Å²) in [6, 6.07) is 12.8. The van der Waals surface area contributed by atoms with Gasteiger partial charge in [0.25, 0.3) is 0 Å². The van der Waals surface area contributed by atoms with Gasteiger partial charge in [-0.15, -0.1) is 11.3 Å². The molecule has 0 aliphatic carbocycles. The number of methoxy groups -OCH3 is 1. The number of piperidine rings is 1. The van der Waals surface area contributed by atoms with Gasteiger partial charge in [-0.05, 0) is 54.6 Å². The summed E-state index contributed by atoms with van der Waals surface area (Å²) >= 11 is 1.66. The van der Waals surface area contributed by atoms with Gasteiger partial charge in [0.1, 0.15) is 5.75 Å². The molecule has 2 fully saturated rings. The van der Waals surface area contributed by atoms with Gasteiger partial charge in [0.05, 0.1) is 7.11 Å². The third-order valence-corrected chi connectivity index (χ3v) is 6.75. The molecule has 4 rings (SSSR count). The van der Waals surface area contributed by atoms with Crippen LogP contribution in [0.25, 0.3) is 6.08 Å². The third kappa shape index (κ3) is 5.00. The molecule has 2 aromatic rings. The Morgan fingerprint density at radius 1 is 1.10 bits per heavy atom. The molecule has 0 spiro atoms. The van der Waals surface area contributed by atoms with E-state index in [1.807, 2.05) is 40.6 Å². The van der Waals surface area contributed by atoms with Crippen LogP contribution < -0.4 is 9.64 Å². The van der Waals surface area contributed by atoms with E-state index in [-0.39, 0.29) is 5.91 Å². The largest absolute Gasteiger partial charge is 0.497 e. The van der Waals surface area contributed by atoms with Gasteiger partial charge < -0.3 is 14.5 Å². The minimum Gasteiger partial charge on any atom is -0.497 e. The number of rotatable bonds is 5. The van der Waals surface area contributed by atoms with Crippen molar-refractivity contribution in [3.05, 3.63) is 52.7 Å². The van der Waals surface area contributed by atoms with Crippen molar-refractivity contribution in [1.29, 1.82) is 0 Å². The maximum absolute atomic E-state index is 12.6. The molecule has 29 heavy (non-hydrogen) atoms. The lowest BCUT2D eigenvalue weighted by Gasteiger charge is -2.43. The Hall–Kier alpha value is -2.31. The van der Waals surface area contributed by atoms with Crippen LogP contribution in [0.2, 0.25) is 0 Å². The summed E-state index contributed by atoms with van der Waals surface area (Å²) in [5.41, 5.74) is 1.25. The quantitative estimate of drug-likeness (QED) is 0.705. The Morgan fingerprint density at radius 3 is 2.59 bits per heavy atom. The molecule has 2 saturated heterocycles. The van der Waals surface area contributed by atoms with Gasteiger partial charge in [-0.1, -0.05) is 6.07 Å². The Labute approximate surface area is 177 Å². The molecule has 0 N–H and O–H groups in total. The summed E-state index contributed by atoms with van der Waals surface area (Å²) < 4.78 is 5.26. The normalized spacial score (nSPS) is 20.9. The zero-order valence-electron chi connectivity index (χ0n) is 17.0. The van der Waals surface area contributed by atoms with Gasteiger partial charge in [0.15, 0.2) is 0 Å². The molecule has 1 amide bonds. The van der Waals surface area contributed by atoms with Crippen LogP contribution in [0.15, 0.2) is 47.9 Å². The second kappa shape index (κ2) is 9.46. The summed E-state index contributed by atoms with van der Waals surface area (Å²) in [4.78, 5) is 20.8. The van der Waals surface area contributed by atoms with Crippen molar-refractivity contribution in [2.45, 2.75) is 18.9 Å². The molecule has 0 bridgehead atoms. The predicted molar refractivity (Wildman–Crippen MR) is 120 cm³/mol. The fourth-order valence-electron chi connectivity index (χ4n) is 4.24. The molecule has 6 heteroatoms. The number of likely N-dealkylation sites (tertiary alicyclic amines) is 1. The van der Waals surface area contributed by atoms with Crippen molar-refractivity contribution < 1.29 is 9.53 Å². The Morgan fingerprint density at radius 2 is 1.90 bits per heavy atom. The minimum atomic E-state index is 0.139. The van der Waals surface area contributed by atoms with Crippen LogP contribution in [0.1, 0.15) is 17.7 Å². The fraction of sp³-hybridized carbons (Fsp3) is 0.435. The van der Waals surface area contributed by atoms with Crippen LogP contribution >= 0.6 is 11.3 Å². The molecule has 1 aromatic heterocycles. The van der Waals surface area contributed by atoms with Crippen LogP contribution in [0.3, 0.4) is 0 Å². The van der Waals surface area contributed by atoms with Crippen molar-refractivity contribution in [2.24, 2.45) is 0 Å². The highest BCUT2D eigenvalue weighted by Crippen LogP contribution is 2.23. The topological polar surface area (TPSA) is 36.0 Å². The number of carbonyl (C=O) groups excluding carboxylic acids is 1. The number of carbonyl (C=O) groups is 1. The number of anilines is 1. The molecule has 2 aliphatic rings. The number of benzene rings is 1. The summed E-state index contributed by atoms with van der Waals surface area (Å²) in [6.07, 6.45) is 5.93. The van der Waals surface area contributed by atoms with Gasteiger partial charge in [-0.25, -0.2) is 0 Å². The number of hydrogen-bond donors (Lipinski definition) is 0. The SMILES string of the molecule is COc1ccc(N2CCN(C3CCCN(C(=O)/C=C/c4cccs4)C3)CC2)cc1.